The molecule has 0 amide bonds. The minimum atomic E-state index is -1.06. The topological polar surface area (TPSA) is 76.5 Å². The quantitative estimate of drug-likeness (QED) is 0.733. The summed E-state index contributed by atoms with van der Waals surface area (Å²) in [4.78, 5) is 11.0. The van der Waals surface area contributed by atoms with Crippen molar-refractivity contribution in [3.63, 3.8) is 0 Å². The van der Waals surface area contributed by atoms with Crippen molar-refractivity contribution in [1.29, 1.82) is 0 Å². The minimum Gasteiger partial charge on any atom is -0.478 e. The number of furan rings is 1. The van der Waals surface area contributed by atoms with Crippen LogP contribution in [-0.2, 0) is 0 Å². The largest absolute Gasteiger partial charge is 0.478 e. The number of anilines is 1. The molecule has 0 saturated carbocycles. The molecule has 0 aliphatic heterocycles. The summed E-state index contributed by atoms with van der Waals surface area (Å²) in [6.45, 7) is 0. The van der Waals surface area contributed by atoms with Crippen molar-refractivity contribution in [3.8, 4) is 11.3 Å². The molecule has 0 aliphatic carbocycles. The van der Waals surface area contributed by atoms with Crippen molar-refractivity contribution in [3.05, 3.63) is 42.2 Å². The molecule has 4 nitrogen and oxygen atoms in total. The average molecular weight is 203 g/mol. The maximum Gasteiger partial charge on any atom is 0.338 e. The third-order valence-corrected chi connectivity index (χ3v) is 2.10. The second-order valence-electron chi connectivity index (χ2n) is 3.05. The van der Waals surface area contributed by atoms with Crippen LogP contribution in [-0.4, -0.2) is 11.1 Å². The summed E-state index contributed by atoms with van der Waals surface area (Å²) in [5.74, 6) is -0.556. The number of nitrogens with two attached hydrogens (primary N) is 1. The smallest absolute Gasteiger partial charge is 0.338 e. The summed E-state index contributed by atoms with van der Waals surface area (Å²) in [5, 5.41) is 9.02. The molecule has 0 radical (unpaired) electrons. The van der Waals surface area contributed by atoms with Gasteiger partial charge in [-0.3, -0.25) is 0 Å². The first kappa shape index (κ1) is 9.33. The second-order valence-corrected chi connectivity index (χ2v) is 3.05. The molecule has 0 bridgehead atoms. The fourth-order valence-corrected chi connectivity index (χ4v) is 1.45. The highest BCUT2D eigenvalue weighted by atomic mass is 16.4. The van der Waals surface area contributed by atoms with Crippen LogP contribution < -0.4 is 5.73 Å². The van der Waals surface area contributed by atoms with E-state index in [0.717, 1.165) is 0 Å². The van der Waals surface area contributed by atoms with E-state index in [1.54, 1.807) is 30.3 Å². The maximum atomic E-state index is 11.0. The highest BCUT2D eigenvalue weighted by molar-refractivity contribution is 6.00. The van der Waals surface area contributed by atoms with Crippen LogP contribution in [0.1, 0.15) is 10.4 Å². The Hall–Kier alpha value is -2.23. The molecular weight excluding hydrogens is 194 g/mol. The van der Waals surface area contributed by atoms with Crippen LogP contribution in [0.5, 0.6) is 0 Å². The average Bonchev–Trinajstić information content (AvgIpc) is 2.69. The predicted octanol–water partition coefficient (Wildman–Crippen LogP) is 2.23. The Morgan fingerprint density at radius 2 is 2.07 bits per heavy atom. The fourth-order valence-electron chi connectivity index (χ4n) is 1.45. The molecule has 2 rings (SSSR count). The van der Waals surface area contributed by atoms with Gasteiger partial charge < -0.3 is 15.3 Å². The molecule has 15 heavy (non-hydrogen) atoms. The molecule has 76 valence electrons. The summed E-state index contributed by atoms with van der Waals surface area (Å²) in [6.07, 6.45) is 1.49. The monoisotopic (exact) mass is 203 g/mol. The maximum absolute atomic E-state index is 11.0. The van der Waals surface area contributed by atoms with Gasteiger partial charge in [-0.1, -0.05) is 12.1 Å². The van der Waals surface area contributed by atoms with E-state index in [2.05, 4.69) is 0 Å². The van der Waals surface area contributed by atoms with Gasteiger partial charge in [-0.2, -0.15) is 0 Å². The number of benzene rings is 1. The van der Waals surface area contributed by atoms with E-state index in [1.807, 2.05) is 0 Å². The molecule has 1 aromatic heterocycles. The first-order valence-corrected chi connectivity index (χ1v) is 4.36. The van der Waals surface area contributed by atoms with Crippen molar-refractivity contribution in [2.24, 2.45) is 0 Å². The lowest BCUT2D eigenvalue weighted by molar-refractivity contribution is 0.0698. The fraction of sp³-hybridized carbons (Fsp3) is 0. The van der Waals surface area contributed by atoms with Gasteiger partial charge in [-0.05, 0) is 18.2 Å². The predicted molar refractivity (Wildman–Crippen MR) is 55.5 cm³/mol. The zero-order valence-corrected chi connectivity index (χ0v) is 7.81. The number of hydrogen-bond acceptors (Lipinski definition) is 3. The number of rotatable bonds is 2. The molecule has 0 spiro atoms. The Bertz CT molecular complexity index is 489. The number of hydrogen-bond donors (Lipinski definition) is 2. The highest BCUT2D eigenvalue weighted by Gasteiger charge is 2.16. The number of carbonyl (C=O) groups is 1. The molecule has 0 saturated heterocycles. The summed E-state index contributed by atoms with van der Waals surface area (Å²) < 4.78 is 5.15. The molecule has 1 heterocycles. The van der Waals surface area contributed by atoms with Gasteiger partial charge in [0.05, 0.1) is 11.8 Å². The van der Waals surface area contributed by atoms with Crippen molar-refractivity contribution in [2.75, 3.05) is 5.73 Å². The third-order valence-electron chi connectivity index (χ3n) is 2.10. The summed E-state index contributed by atoms with van der Waals surface area (Å²) in [7, 11) is 0. The Labute approximate surface area is 85.9 Å². The zero-order valence-electron chi connectivity index (χ0n) is 7.81. The van der Waals surface area contributed by atoms with Gasteiger partial charge in [-0.25, -0.2) is 4.79 Å². The SMILES string of the molecule is Nc1cccc(-c2ccco2)c1C(=O)O. The first-order valence-electron chi connectivity index (χ1n) is 4.36. The van der Waals surface area contributed by atoms with Crippen LogP contribution in [0.3, 0.4) is 0 Å². The van der Waals surface area contributed by atoms with Gasteiger partial charge in [0.15, 0.2) is 0 Å². The van der Waals surface area contributed by atoms with Crippen LogP contribution in [0.2, 0.25) is 0 Å². The summed E-state index contributed by atoms with van der Waals surface area (Å²) >= 11 is 0. The van der Waals surface area contributed by atoms with Crippen molar-refractivity contribution >= 4 is 11.7 Å². The van der Waals surface area contributed by atoms with Crippen molar-refractivity contribution in [2.45, 2.75) is 0 Å². The molecule has 0 fully saturated rings. The number of carboxylic acid groups (broad SMARTS) is 1. The summed E-state index contributed by atoms with van der Waals surface area (Å²) in [6, 6.07) is 8.31. The van der Waals surface area contributed by atoms with E-state index in [1.165, 1.54) is 6.26 Å². The molecular formula is C11H9NO3. The Morgan fingerprint density at radius 1 is 1.27 bits per heavy atom. The van der Waals surface area contributed by atoms with E-state index in [-0.39, 0.29) is 11.3 Å². The van der Waals surface area contributed by atoms with Crippen molar-refractivity contribution < 1.29 is 14.3 Å². The van der Waals surface area contributed by atoms with Gasteiger partial charge in [0.25, 0.3) is 0 Å². The third kappa shape index (κ3) is 1.57. The molecule has 0 atom stereocenters. The van der Waals surface area contributed by atoms with Gasteiger partial charge >= 0.3 is 5.97 Å². The Morgan fingerprint density at radius 3 is 2.67 bits per heavy atom. The molecule has 1 aromatic carbocycles. The molecule has 2 aromatic rings. The molecule has 0 unspecified atom stereocenters. The van der Waals surface area contributed by atoms with E-state index in [4.69, 9.17) is 15.3 Å². The van der Waals surface area contributed by atoms with E-state index < -0.39 is 5.97 Å². The lowest BCUT2D eigenvalue weighted by Gasteiger charge is -2.05. The van der Waals surface area contributed by atoms with Gasteiger partial charge in [0.2, 0.25) is 0 Å². The van der Waals surface area contributed by atoms with E-state index in [0.29, 0.717) is 11.3 Å². The number of aromatic carboxylic acids is 1. The van der Waals surface area contributed by atoms with Gasteiger partial charge in [-0.15, -0.1) is 0 Å². The first-order chi connectivity index (χ1) is 7.20. The van der Waals surface area contributed by atoms with E-state index in [9.17, 15) is 4.79 Å². The van der Waals surface area contributed by atoms with Crippen LogP contribution in [0.25, 0.3) is 11.3 Å². The zero-order chi connectivity index (χ0) is 10.8. The number of nitrogen functional groups attached to an aromatic ring is 1. The second kappa shape index (κ2) is 3.49. The van der Waals surface area contributed by atoms with Gasteiger partial charge in [0, 0.05) is 11.3 Å². The van der Waals surface area contributed by atoms with E-state index >= 15 is 0 Å². The van der Waals surface area contributed by atoms with Crippen molar-refractivity contribution in [1.82, 2.24) is 0 Å². The molecule has 0 aliphatic rings. The standard InChI is InChI=1S/C11H9NO3/c12-8-4-1-3-7(10(8)11(13)14)9-5-2-6-15-9/h1-6H,12H2,(H,13,14). The minimum absolute atomic E-state index is 0.0763. The van der Waals surface area contributed by atoms with Crippen LogP contribution in [0.15, 0.2) is 41.0 Å². The molecule has 3 N–H and O–H groups in total. The lowest BCUT2D eigenvalue weighted by Crippen LogP contribution is -2.04. The Kier molecular flexibility index (Phi) is 2.17. The lowest BCUT2D eigenvalue weighted by atomic mass is 10.0. The number of carboxylic acids is 1. The van der Waals surface area contributed by atoms with Crippen LogP contribution in [0.4, 0.5) is 5.69 Å². The Balaban J connectivity index is 2.66. The normalized spacial score (nSPS) is 10.1. The van der Waals surface area contributed by atoms with Crippen LogP contribution >= 0.6 is 0 Å². The highest BCUT2D eigenvalue weighted by Crippen LogP contribution is 2.27. The van der Waals surface area contributed by atoms with Gasteiger partial charge in [0.1, 0.15) is 5.76 Å². The van der Waals surface area contributed by atoms with Crippen LogP contribution in [0, 0.1) is 0 Å². The molecule has 4 heteroatoms. The summed E-state index contributed by atoms with van der Waals surface area (Å²) in [5.41, 5.74) is 6.41.